The van der Waals surface area contributed by atoms with Crippen LogP contribution in [0.4, 0.5) is 5.82 Å². The molecule has 7 heteroatoms. The average molecular weight is 413 g/mol. The maximum absolute atomic E-state index is 11.5. The van der Waals surface area contributed by atoms with E-state index in [9.17, 15) is 4.79 Å². The van der Waals surface area contributed by atoms with Crippen LogP contribution >= 0.6 is 0 Å². The number of amides is 1. The van der Waals surface area contributed by atoms with Crippen LogP contribution in [-0.4, -0.2) is 54.5 Å². The zero-order valence-corrected chi connectivity index (χ0v) is 18.2. The number of nitrogens with one attached hydrogen (secondary N) is 1. The summed E-state index contributed by atoms with van der Waals surface area (Å²) in [5.74, 6) is 3.52. The van der Waals surface area contributed by atoms with Gasteiger partial charge in [-0.05, 0) is 50.5 Å². The molecule has 2 unspecified atom stereocenters. The van der Waals surface area contributed by atoms with Gasteiger partial charge in [0.25, 0.3) is 0 Å². The van der Waals surface area contributed by atoms with Crippen LogP contribution in [0.15, 0.2) is 23.3 Å². The molecule has 7 nitrogen and oxygen atoms in total. The van der Waals surface area contributed by atoms with Gasteiger partial charge in [-0.2, -0.15) is 0 Å². The number of pyridine rings is 1. The molecule has 3 N–H and O–H groups in total. The van der Waals surface area contributed by atoms with Crippen LogP contribution in [0.3, 0.4) is 0 Å². The number of aromatic nitrogens is 1. The van der Waals surface area contributed by atoms with Crippen LogP contribution in [-0.2, 0) is 11.3 Å². The minimum atomic E-state index is -0.179. The largest absolute Gasteiger partial charge is 0.369 e. The van der Waals surface area contributed by atoms with Crippen molar-refractivity contribution in [1.82, 2.24) is 15.2 Å². The van der Waals surface area contributed by atoms with Gasteiger partial charge in [0.15, 0.2) is 5.96 Å². The standard InChI is InChI=1S/C23H36N6O/c1-2-25-23(29-15-19-6-3-4-7-20(19)16-29)27-14-18-8-5-11-26-22(18)28-12-9-17(10-13-28)21(24)30/h5,8,11,17,19-20H,2-4,6-7,9-10,12-16H2,1H3,(H2,24,30)(H,25,27). The first-order valence-corrected chi connectivity index (χ1v) is 11.7. The second-order valence-corrected chi connectivity index (χ2v) is 9.03. The molecule has 164 valence electrons. The van der Waals surface area contributed by atoms with Crippen molar-refractivity contribution in [2.45, 2.75) is 52.0 Å². The van der Waals surface area contributed by atoms with Gasteiger partial charge in [-0.1, -0.05) is 18.9 Å². The molecule has 1 saturated carbocycles. The van der Waals surface area contributed by atoms with Crippen molar-refractivity contribution >= 4 is 17.7 Å². The van der Waals surface area contributed by atoms with Crippen LogP contribution in [0.25, 0.3) is 0 Å². The van der Waals surface area contributed by atoms with Crippen LogP contribution in [0, 0.1) is 17.8 Å². The Morgan fingerprint density at radius 2 is 1.90 bits per heavy atom. The molecule has 1 amide bonds. The van der Waals surface area contributed by atoms with Gasteiger partial charge in [0.2, 0.25) is 5.91 Å². The number of likely N-dealkylation sites (tertiary alicyclic amines) is 1. The number of nitrogens with zero attached hydrogens (tertiary/aromatic N) is 4. The second-order valence-electron chi connectivity index (χ2n) is 9.03. The molecule has 3 fully saturated rings. The molecule has 1 aromatic heterocycles. The van der Waals surface area contributed by atoms with Gasteiger partial charge in [0.05, 0.1) is 6.54 Å². The first kappa shape index (κ1) is 20.9. The summed E-state index contributed by atoms with van der Waals surface area (Å²) in [6, 6.07) is 4.11. The number of carbonyl (C=O) groups is 1. The highest BCUT2D eigenvalue weighted by Gasteiger charge is 2.35. The molecule has 2 atom stereocenters. The number of piperidine rings is 1. The summed E-state index contributed by atoms with van der Waals surface area (Å²) in [6.45, 7) is 7.54. The number of primary amides is 1. The lowest BCUT2D eigenvalue weighted by atomic mass is 9.82. The van der Waals surface area contributed by atoms with Gasteiger partial charge in [0.1, 0.15) is 5.82 Å². The van der Waals surface area contributed by atoms with E-state index in [1.807, 2.05) is 12.3 Å². The van der Waals surface area contributed by atoms with Gasteiger partial charge < -0.3 is 20.9 Å². The highest BCUT2D eigenvalue weighted by atomic mass is 16.1. The quantitative estimate of drug-likeness (QED) is 0.573. The number of rotatable bonds is 5. The summed E-state index contributed by atoms with van der Waals surface area (Å²) in [5, 5.41) is 3.51. The smallest absolute Gasteiger partial charge is 0.220 e. The third-order valence-electron chi connectivity index (χ3n) is 7.07. The highest BCUT2D eigenvalue weighted by Crippen LogP contribution is 2.36. The summed E-state index contributed by atoms with van der Waals surface area (Å²) in [5.41, 5.74) is 6.63. The number of hydrogen-bond acceptors (Lipinski definition) is 4. The van der Waals surface area contributed by atoms with Crippen LogP contribution in [0.1, 0.15) is 51.0 Å². The van der Waals surface area contributed by atoms with Crippen molar-refractivity contribution in [3.8, 4) is 0 Å². The lowest BCUT2D eigenvalue weighted by molar-refractivity contribution is -0.122. The fraction of sp³-hybridized carbons (Fsp3) is 0.696. The van der Waals surface area contributed by atoms with Crippen molar-refractivity contribution in [3.05, 3.63) is 23.9 Å². The fourth-order valence-electron chi connectivity index (χ4n) is 5.38. The third kappa shape index (κ3) is 4.71. The predicted molar refractivity (Wildman–Crippen MR) is 120 cm³/mol. The van der Waals surface area contributed by atoms with Crippen LogP contribution in [0.2, 0.25) is 0 Å². The molecule has 2 aliphatic heterocycles. The van der Waals surface area contributed by atoms with Gasteiger partial charge >= 0.3 is 0 Å². The van der Waals surface area contributed by atoms with Gasteiger partial charge in [0, 0.05) is 50.4 Å². The van der Waals surface area contributed by atoms with Crippen molar-refractivity contribution in [2.75, 3.05) is 37.6 Å². The first-order chi connectivity index (χ1) is 14.7. The van der Waals surface area contributed by atoms with Crippen molar-refractivity contribution < 1.29 is 4.79 Å². The van der Waals surface area contributed by atoms with Crippen molar-refractivity contribution in [1.29, 1.82) is 0 Å². The number of hydrogen-bond donors (Lipinski definition) is 2. The van der Waals surface area contributed by atoms with Crippen LogP contribution < -0.4 is 16.0 Å². The third-order valence-corrected chi connectivity index (χ3v) is 7.07. The first-order valence-electron chi connectivity index (χ1n) is 11.7. The number of guanidine groups is 1. The van der Waals surface area contributed by atoms with E-state index in [-0.39, 0.29) is 11.8 Å². The fourth-order valence-corrected chi connectivity index (χ4v) is 5.38. The van der Waals surface area contributed by atoms with E-state index < -0.39 is 0 Å². The van der Waals surface area contributed by atoms with Crippen LogP contribution in [0.5, 0.6) is 0 Å². The molecule has 0 radical (unpaired) electrons. The minimum Gasteiger partial charge on any atom is -0.369 e. The monoisotopic (exact) mass is 412 g/mol. The number of aliphatic imine (C=N–C) groups is 1. The lowest BCUT2D eigenvalue weighted by Crippen LogP contribution is -2.40. The Hall–Kier alpha value is -2.31. The van der Waals surface area contributed by atoms with E-state index in [4.69, 9.17) is 10.7 Å². The number of fused-ring (bicyclic) bond motifs is 1. The molecule has 0 aromatic carbocycles. The number of anilines is 1. The van der Waals surface area contributed by atoms with Gasteiger partial charge in [-0.15, -0.1) is 0 Å². The Morgan fingerprint density at radius 1 is 1.20 bits per heavy atom. The number of nitrogens with two attached hydrogens (primary N) is 1. The summed E-state index contributed by atoms with van der Waals surface area (Å²) in [7, 11) is 0. The maximum Gasteiger partial charge on any atom is 0.220 e. The minimum absolute atomic E-state index is 0.00881. The Bertz CT molecular complexity index is 744. The normalized spacial score (nSPS) is 25.3. The molecule has 3 aliphatic rings. The second kappa shape index (κ2) is 9.67. The van der Waals surface area contributed by atoms with E-state index >= 15 is 0 Å². The predicted octanol–water partition coefficient (Wildman–Crippen LogP) is 2.37. The molecule has 30 heavy (non-hydrogen) atoms. The topological polar surface area (TPSA) is 86.9 Å². The summed E-state index contributed by atoms with van der Waals surface area (Å²) < 4.78 is 0. The molecular weight excluding hydrogens is 376 g/mol. The van der Waals surface area contributed by atoms with E-state index in [0.29, 0.717) is 6.54 Å². The summed E-state index contributed by atoms with van der Waals surface area (Å²) >= 11 is 0. The number of carbonyl (C=O) groups excluding carboxylic acids is 1. The van der Waals surface area contributed by atoms with E-state index in [1.54, 1.807) is 0 Å². The molecule has 3 heterocycles. The molecular formula is C23H36N6O. The van der Waals surface area contributed by atoms with E-state index in [0.717, 1.165) is 74.7 Å². The van der Waals surface area contributed by atoms with Gasteiger partial charge in [-0.3, -0.25) is 4.79 Å². The Kier molecular flexibility index (Phi) is 6.75. The summed E-state index contributed by atoms with van der Waals surface area (Å²) in [6.07, 6.45) is 8.95. The Labute approximate surface area is 180 Å². The SMILES string of the molecule is CCNC(=NCc1cccnc1N1CCC(C(N)=O)CC1)N1CC2CCCCC2C1. The molecule has 0 spiro atoms. The molecule has 1 aliphatic carbocycles. The Balaban J connectivity index is 1.45. The van der Waals surface area contributed by atoms with Crippen molar-refractivity contribution in [2.24, 2.45) is 28.5 Å². The molecule has 2 saturated heterocycles. The zero-order chi connectivity index (χ0) is 20.9. The van der Waals surface area contributed by atoms with E-state index in [1.165, 1.54) is 25.7 Å². The summed E-state index contributed by atoms with van der Waals surface area (Å²) in [4.78, 5) is 25.9. The maximum atomic E-state index is 11.5. The molecule has 1 aromatic rings. The van der Waals surface area contributed by atoms with Crippen molar-refractivity contribution in [3.63, 3.8) is 0 Å². The van der Waals surface area contributed by atoms with Gasteiger partial charge in [-0.25, -0.2) is 9.98 Å². The van der Waals surface area contributed by atoms with E-state index in [2.05, 4.69) is 33.1 Å². The highest BCUT2D eigenvalue weighted by molar-refractivity contribution is 5.80. The Morgan fingerprint density at radius 3 is 2.53 bits per heavy atom. The average Bonchev–Trinajstić information content (AvgIpc) is 3.21. The molecule has 4 rings (SSSR count). The molecule has 0 bridgehead atoms. The zero-order valence-electron chi connectivity index (χ0n) is 18.2. The lowest BCUT2D eigenvalue weighted by Gasteiger charge is -2.32.